The third kappa shape index (κ3) is 3.81. The lowest BCUT2D eigenvalue weighted by Crippen LogP contribution is -2.39. The molecule has 0 spiro atoms. The summed E-state index contributed by atoms with van der Waals surface area (Å²) in [5, 5.41) is 2.78. The largest absolute Gasteiger partial charge is 0.372 e. The minimum atomic E-state index is -0.641. The molecular weight excluding hydrogens is 368 g/mol. The van der Waals surface area contributed by atoms with E-state index >= 15 is 0 Å². The predicted octanol–water partition coefficient (Wildman–Crippen LogP) is 3.08. The van der Waals surface area contributed by atoms with Gasteiger partial charge in [0.05, 0.1) is 0 Å². The fourth-order valence-electron chi connectivity index (χ4n) is 3.87. The van der Waals surface area contributed by atoms with Crippen LogP contribution in [0.25, 0.3) is 0 Å². The molecule has 7 nitrogen and oxygen atoms in total. The molecule has 2 aromatic rings. The van der Waals surface area contributed by atoms with Gasteiger partial charge in [-0.3, -0.25) is 19.4 Å². The van der Waals surface area contributed by atoms with E-state index in [1.165, 1.54) is 17.7 Å². The van der Waals surface area contributed by atoms with E-state index in [0.29, 0.717) is 11.4 Å². The molecule has 4 amide bonds. The molecule has 7 heteroatoms. The van der Waals surface area contributed by atoms with Gasteiger partial charge in [-0.2, -0.15) is 0 Å². The molecule has 0 aliphatic carbocycles. The van der Waals surface area contributed by atoms with Gasteiger partial charge in [-0.15, -0.1) is 0 Å². The van der Waals surface area contributed by atoms with Gasteiger partial charge in [0.15, 0.2) is 0 Å². The maximum Gasteiger partial charge on any atom is 0.332 e. The molecule has 0 saturated carbocycles. The van der Waals surface area contributed by atoms with Crippen LogP contribution in [-0.4, -0.2) is 48.4 Å². The van der Waals surface area contributed by atoms with Crippen molar-refractivity contribution in [2.45, 2.75) is 25.8 Å². The Morgan fingerprint density at radius 3 is 2.28 bits per heavy atom. The van der Waals surface area contributed by atoms with Gasteiger partial charge in [0, 0.05) is 30.2 Å². The van der Waals surface area contributed by atoms with Crippen molar-refractivity contribution in [2.24, 2.45) is 0 Å². The molecule has 2 aliphatic heterocycles. The Hall–Kier alpha value is -3.35. The lowest BCUT2D eigenvalue weighted by molar-refractivity contribution is -0.130. The molecule has 0 aromatic heterocycles. The van der Waals surface area contributed by atoms with Crippen molar-refractivity contribution in [2.75, 3.05) is 34.8 Å². The number of rotatable bonds is 5. The van der Waals surface area contributed by atoms with E-state index in [1.54, 1.807) is 31.2 Å². The van der Waals surface area contributed by atoms with E-state index in [-0.39, 0.29) is 12.5 Å². The summed E-state index contributed by atoms with van der Waals surface area (Å²) in [4.78, 5) is 42.5. The van der Waals surface area contributed by atoms with Crippen LogP contribution in [0, 0.1) is 0 Å². The topological polar surface area (TPSA) is 73.0 Å². The minimum Gasteiger partial charge on any atom is -0.372 e. The summed E-state index contributed by atoms with van der Waals surface area (Å²) in [7, 11) is 0. The zero-order valence-corrected chi connectivity index (χ0v) is 16.4. The van der Waals surface area contributed by atoms with Crippen molar-refractivity contribution in [1.82, 2.24) is 4.90 Å². The van der Waals surface area contributed by atoms with Crippen LogP contribution < -0.4 is 15.1 Å². The second-order valence-corrected chi connectivity index (χ2v) is 7.38. The minimum absolute atomic E-state index is 0.306. The molecule has 0 bridgehead atoms. The quantitative estimate of drug-likeness (QED) is 0.794. The van der Waals surface area contributed by atoms with Gasteiger partial charge in [0.1, 0.15) is 12.6 Å². The normalized spacial score (nSPS) is 19.2. The number of nitrogens with zero attached hydrogens (tertiary/aromatic N) is 3. The first-order chi connectivity index (χ1) is 14.0. The Balaban J connectivity index is 1.40. The first-order valence-electron chi connectivity index (χ1n) is 9.89. The van der Waals surface area contributed by atoms with E-state index in [9.17, 15) is 14.4 Å². The fraction of sp³-hybridized carbons (Fsp3) is 0.318. The van der Waals surface area contributed by atoms with Crippen LogP contribution in [0.4, 0.5) is 21.9 Å². The molecule has 1 N–H and O–H groups in total. The third-order valence-corrected chi connectivity index (χ3v) is 5.41. The average molecular weight is 392 g/mol. The van der Waals surface area contributed by atoms with Gasteiger partial charge in [0.25, 0.3) is 5.91 Å². The predicted molar refractivity (Wildman–Crippen MR) is 112 cm³/mol. The second-order valence-electron chi connectivity index (χ2n) is 7.38. The van der Waals surface area contributed by atoms with Crippen molar-refractivity contribution in [3.63, 3.8) is 0 Å². The lowest BCUT2D eigenvalue weighted by atomic mass is 10.2. The van der Waals surface area contributed by atoms with Crippen molar-refractivity contribution in [3.05, 3.63) is 54.6 Å². The SMILES string of the molecule is CC1C(=O)N(CC(=O)Nc2ccc(N3CCCC3)cc2)C(=O)N1c1ccccc1. The lowest BCUT2D eigenvalue weighted by Gasteiger charge is -2.19. The third-order valence-electron chi connectivity index (χ3n) is 5.41. The van der Waals surface area contributed by atoms with Crippen LogP contribution >= 0.6 is 0 Å². The number of amides is 4. The number of para-hydroxylation sites is 1. The molecule has 150 valence electrons. The molecule has 29 heavy (non-hydrogen) atoms. The number of nitrogens with one attached hydrogen (secondary N) is 1. The number of urea groups is 1. The van der Waals surface area contributed by atoms with Crippen molar-refractivity contribution in [1.29, 1.82) is 0 Å². The van der Waals surface area contributed by atoms with Crippen molar-refractivity contribution in [3.8, 4) is 0 Å². The maximum atomic E-state index is 12.8. The highest BCUT2D eigenvalue weighted by atomic mass is 16.2. The molecule has 2 saturated heterocycles. The monoisotopic (exact) mass is 392 g/mol. The van der Waals surface area contributed by atoms with Crippen LogP contribution in [0.3, 0.4) is 0 Å². The summed E-state index contributed by atoms with van der Waals surface area (Å²) in [5.74, 6) is -0.777. The average Bonchev–Trinajstić information content (AvgIpc) is 3.33. The van der Waals surface area contributed by atoms with Crippen molar-refractivity contribution >= 4 is 34.9 Å². The van der Waals surface area contributed by atoms with Gasteiger partial charge in [0.2, 0.25) is 5.91 Å². The zero-order valence-electron chi connectivity index (χ0n) is 16.4. The second kappa shape index (κ2) is 7.95. The maximum absolute atomic E-state index is 12.8. The molecular formula is C22H24N4O3. The summed E-state index contributed by atoms with van der Waals surface area (Å²) in [5.41, 5.74) is 2.42. The molecule has 1 atom stereocenters. The number of hydrogen-bond donors (Lipinski definition) is 1. The molecule has 0 radical (unpaired) electrons. The van der Waals surface area contributed by atoms with E-state index in [2.05, 4.69) is 10.2 Å². The molecule has 2 aliphatic rings. The highest BCUT2D eigenvalue weighted by Crippen LogP contribution is 2.26. The highest BCUT2D eigenvalue weighted by molar-refractivity contribution is 6.16. The Morgan fingerprint density at radius 1 is 0.966 bits per heavy atom. The zero-order chi connectivity index (χ0) is 20.4. The van der Waals surface area contributed by atoms with Crippen LogP contribution in [0.2, 0.25) is 0 Å². The fourth-order valence-corrected chi connectivity index (χ4v) is 3.87. The van der Waals surface area contributed by atoms with Crippen LogP contribution in [0.15, 0.2) is 54.6 Å². The van der Waals surface area contributed by atoms with Crippen molar-refractivity contribution < 1.29 is 14.4 Å². The van der Waals surface area contributed by atoms with Gasteiger partial charge in [-0.1, -0.05) is 18.2 Å². The van der Waals surface area contributed by atoms with E-state index in [0.717, 1.165) is 23.7 Å². The standard InChI is InChI=1S/C22H24N4O3/c1-16-21(28)25(22(29)26(16)19-7-3-2-4-8-19)15-20(27)23-17-9-11-18(12-10-17)24-13-5-6-14-24/h2-4,7-12,16H,5-6,13-15H2,1H3,(H,23,27). The highest BCUT2D eigenvalue weighted by Gasteiger charge is 2.43. The number of benzene rings is 2. The summed E-state index contributed by atoms with van der Waals surface area (Å²) in [6.07, 6.45) is 2.41. The van der Waals surface area contributed by atoms with E-state index in [4.69, 9.17) is 0 Å². The molecule has 2 fully saturated rings. The number of carbonyl (C=O) groups excluding carboxylic acids is 3. The first-order valence-corrected chi connectivity index (χ1v) is 9.89. The summed E-state index contributed by atoms with van der Waals surface area (Å²) in [6, 6.07) is 15.5. The summed E-state index contributed by atoms with van der Waals surface area (Å²) in [6.45, 7) is 3.48. The molecule has 2 heterocycles. The smallest absolute Gasteiger partial charge is 0.332 e. The van der Waals surface area contributed by atoms with Crippen LogP contribution in [-0.2, 0) is 9.59 Å². The number of imide groups is 1. The van der Waals surface area contributed by atoms with Crippen LogP contribution in [0.1, 0.15) is 19.8 Å². The van der Waals surface area contributed by atoms with E-state index < -0.39 is 18.0 Å². The molecule has 2 aromatic carbocycles. The van der Waals surface area contributed by atoms with Gasteiger partial charge < -0.3 is 10.2 Å². The Kier molecular flexibility index (Phi) is 5.20. The summed E-state index contributed by atoms with van der Waals surface area (Å²) >= 11 is 0. The Labute approximate surface area is 169 Å². The number of carbonyl (C=O) groups is 3. The van der Waals surface area contributed by atoms with E-state index in [1.807, 2.05) is 30.3 Å². The number of hydrogen-bond acceptors (Lipinski definition) is 4. The Bertz CT molecular complexity index is 907. The van der Waals surface area contributed by atoms with Crippen LogP contribution in [0.5, 0.6) is 0 Å². The Morgan fingerprint density at radius 2 is 1.62 bits per heavy atom. The first kappa shape index (κ1) is 19.0. The molecule has 4 rings (SSSR count). The van der Waals surface area contributed by atoms with Gasteiger partial charge >= 0.3 is 6.03 Å². The molecule has 1 unspecified atom stereocenters. The van der Waals surface area contributed by atoms with Gasteiger partial charge in [-0.25, -0.2) is 4.79 Å². The summed E-state index contributed by atoms with van der Waals surface area (Å²) < 4.78 is 0. The van der Waals surface area contributed by atoms with Gasteiger partial charge in [-0.05, 0) is 56.2 Å². The number of anilines is 3.